The van der Waals surface area contributed by atoms with Gasteiger partial charge in [0.25, 0.3) is 5.91 Å². The van der Waals surface area contributed by atoms with Crippen LogP contribution in [0.15, 0.2) is 84.9 Å². The van der Waals surface area contributed by atoms with Gasteiger partial charge in [-0.25, -0.2) is 4.79 Å². The lowest BCUT2D eigenvalue weighted by Crippen LogP contribution is -2.43. The lowest BCUT2D eigenvalue weighted by atomic mass is 9.97. The van der Waals surface area contributed by atoms with Gasteiger partial charge in [-0.1, -0.05) is 48.5 Å². The van der Waals surface area contributed by atoms with Crippen molar-refractivity contribution in [2.75, 3.05) is 30.8 Å². The van der Waals surface area contributed by atoms with Crippen LogP contribution in [0.3, 0.4) is 0 Å². The van der Waals surface area contributed by atoms with Gasteiger partial charge >= 0.3 is 12.0 Å². The van der Waals surface area contributed by atoms with Gasteiger partial charge in [0, 0.05) is 30.0 Å². The van der Waals surface area contributed by atoms with E-state index in [1.54, 1.807) is 60.5 Å². The van der Waals surface area contributed by atoms with Crippen LogP contribution in [0.2, 0.25) is 0 Å². The predicted molar refractivity (Wildman–Crippen MR) is 137 cm³/mol. The molecule has 8 heteroatoms. The first kappa shape index (κ1) is 24.8. The van der Waals surface area contributed by atoms with Crippen LogP contribution in [-0.2, 0) is 14.3 Å². The molecule has 3 aromatic rings. The minimum atomic E-state index is -1.10. The summed E-state index contributed by atoms with van der Waals surface area (Å²) in [5, 5.41) is 5.68. The number of nitrogens with one attached hydrogen (secondary N) is 2. The van der Waals surface area contributed by atoms with Gasteiger partial charge in [-0.15, -0.1) is 0 Å². The highest BCUT2D eigenvalue weighted by molar-refractivity contribution is 5.96. The molecule has 3 aromatic carbocycles. The van der Waals surface area contributed by atoms with Gasteiger partial charge in [0.05, 0.1) is 13.0 Å². The number of hydrogen-bond acceptors (Lipinski definition) is 5. The number of carbonyl (C=O) groups excluding carboxylic acids is 3. The van der Waals surface area contributed by atoms with Crippen molar-refractivity contribution in [2.24, 2.45) is 5.92 Å². The number of hydrogen-bond donors (Lipinski definition) is 2. The number of benzene rings is 3. The second-order valence-electron chi connectivity index (χ2n) is 8.50. The smallest absolute Gasteiger partial charge is 0.321 e. The monoisotopic (exact) mass is 487 g/mol. The quantitative estimate of drug-likeness (QED) is 0.464. The second kappa shape index (κ2) is 11.9. The number of para-hydroxylation sites is 1. The van der Waals surface area contributed by atoms with Gasteiger partial charge in [-0.3, -0.25) is 9.59 Å². The lowest BCUT2D eigenvalue weighted by Gasteiger charge is -2.31. The summed E-state index contributed by atoms with van der Waals surface area (Å²) in [6, 6.07) is 24.9. The molecule has 2 N–H and O–H groups in total. The van der Waals surface area contributed by atoms with E-state index in [1.807, 2.05) is 36.4 Å². The van der Waals surface area contributed by atoms with Crippen LogP contribution < -0.4 is 15.4 Å². The molecule has 1 aliphatic heterocycles. The zero-order valence-corrected chi connectivity index (χ0v) is 20.1. The van der Waals surface area contributed by atoms with Gasteiger partial charge in [0.1, 0.15) is 5.75 Å². The highest BCUT2D eigenvalue weighted by Crippen LogP contribution is 2.26. The third-order valence-corrected chi connectivity index (χ3v) is 6.07. The van der Waals surface area contributed by atoms with Crippen LogP contribution in [-0.4, -0.2) is 43.0 Å². The van der Waals surface area contributed by atoms with Crippen molar-refractivity contribution in [3.63, 3.8) is 0 Å². The topological polar surface area (TPSA) is 97.0 Å². The molecule has 36 heavy (non-hydrogen) atoms. The Morgan fingerprint density at radius 3 is 2.00 bits per heavy atom. The summed E-state index contributed by atoms with van der Waals surface area (Å²) < 4.78 is 10.9. The molecule has 1 saturated heterocycles. The van der Waals surface area contributed by atoms with Gasteiger partial charge in [0.15, 0.2) is 0 Å². The normalized spacial score (nSPS) is 14.4. The Morgan fingerprint density at radius 1 is 0.806 bits per heavy atom. The van der Waals surface area contributed by atoms with Crippen LogP contribution in [0.1, 0.15) is 24.5 Å². The molecular weight excluding hydrogens is 458 g/mol. The number of amides is 3. The maximum absolute atomic E-state index is 13.1. The van der Waals surface area contributed by atoms with Crippen molar-refractivity contribution in [3.05, 3.63) is 90.5 Å². The van der Waals surface area contributed by atoms with Crippen molar-refractivity contribution in [1.82, 2.24) is 4.90 Å². The summed E-state index contributed by atoms with van der Waals surface area (Å²) >= 11 is 0. The van der Waals surface area contributed by atoms with Gasteiger partial charge in [-0.2, -0.15) is 0 Å². The highest BCUT2D eigenvalue weighted by Gasteiger charge is 2.32. The Morgan fingerprint density at radius 2 is 1.39 bits per heavy atom. The lowest BCUT2D eigenvalue weighted by molar-refractivity contribution is -0.160. The Hall–Kier alpha value is -4.33. The summed E-state index contributed by atoms with van der Waals surface area (Å²) in [7, 11) is 1.57. The first-order valence-corrected chi connectivity index (χ1v) is 11.8. The molecule has 0 unspecified atom stereocenters. The van der Waals surface area contributed by atoms with Crippen molar-refractivity contribution in [3.8, 4) is 5.75 Å². The van der Waals surface area contributed by atoms with E-state index >= 15 is 0 Å². The molecule has 1 heterocycles. The minimum absolute atomic E-state index is 0.200. The number of likely N-dealkylation sites (tertiary alicyclic amines) is 1. The fourth-order valence-corrected chi connectivity index (χ4v) is 4.04. The molecule has 0 bridgehead atoms. The Bertz CT molecular complexity index is 1160. The average molecular weight is 488 g/mol. The Balaban J connectivity index is 1.37. The van der Waals surface area contributed by atoms with E-state index in [4.69, 9.17) is 9.47 Å². The molecule has 1 atom stereocenters. The number of anilines is 2. The van der Waals surface area contributed by atoms with Crippen molar-refractivity contribution in [2.45, 2.75) is 18.9 Å². The fraction of sp³-hybridized carbons (Fsp3) is 0.250. The zero-order chi connectivity index (χ0) is 25.3. The number of methoxy groups -OCH3 is 1. The number of urea groups is 1. The van der Waals surface area contributed by atoms with E-state index in [2.05, 4.69) is 10.6 Å². The summed E-state index contributed by atoms with van der Waals surface area (Å²) in [5.41, 5.74) is 1.87. The summed E-state index contributed by atoms with van der Waals surface area (Å²) in [4.78, 5) is 40.4. The molecular formula is C28H29N3O5. The predicted octanol–water partition coefficient (Wildman–Crippen LogP) is 4.86. The third kappa shape index (κ3) is 6.41. The van der Waals surface area contributed by atoms with Gasteiger partial charge in [0.2, 0.25) is 6.10 Å². The zero-order valence-electron chi connectivity index (χ0n) is 20.1. The largest absolute Gasteiger partial charge is 0.497 e. The van der Waals surface area contributed by atoms with Crippen molar-refractivity contribution in [1.29, 1.82) is 0 Å². The SMILES string of the molecule is COc1ccc(NC(=O)[C@H](OC(=O)C2CCN(C(=O)Nc3ccccc3)CC2)c2ccccc2)cc1. The van der Waals surface area contributed by atoms with Gasteiger partial charge < -0.3 is 25.0 Å². The first-order valence-electron chi connectivity index (χ1n) is 11.8. The molecule has 1 aliphatic rings. The maximum Gasteiger partial charge on any atom is 0.321 e. The first-order chi connectivity index (χ1) is 17.5. The van der Waals surface area contributed by atoms with E-state index in [0.717, 1.165) is 5.69 Å². The Kier molecular flexibility index (Phi) is 8.18. The molecule has 0 aromatic heterocycles. The number of carbonyl (C=O) groups is 3. The van der Waals surface area contributed by atoms with Crippen LogP contribution in [0.5, 0.6) is 5.75 Å². The molecule has 4 rings (SSSR count). The van der Waals surface area contributed by atoms with E-state index in [0.29, 0.717) is 42.9 Å². The standard InChI is InChI=1S/C28H29N3O5/c1-35-24-14-12-23(13-15-24)29-26(32)25(20-8-4-2-5-9-20)36-27(33)21-16-18-31(19-17-21)28(34)30-22-10-6-3-7-11-22/h2-15,21,25H,16-19H2,1H3,(H,29,32)(H,30,34)/t25-/m1/s1. The summed E-state index contributed by atoms with van der Waals surface area (Å²) in [6.07, 6.45) is -0.175. The number of rotatable bonds is 7. The molecule has 0 aliphatic carbocycles. The number of piperidine rings is 1. The molecule has 8 nitrogen and oxygen atoms in total. The van der Waals surface area contributed by atoms with Crippen LogP contribution in [0.25, 0.3) is 0 Å². The second-order valence-corrected chi connectivity index (χ2v) is 8.50. The highest BCUT2D eigenvalue weighted by atomic mass is 16.5. The third-order valence-electron chi connectivity index (χ3n) is 6.07. The Labute approximate surface area is 210 Å². The number of esters is 1. The molecule has 0 radical (unpaired) electrons. The molecule has 0 spiro atoms. The average Bonchev–Trinajstić information content (AvgIpc) is 2.93. The summed E-state index contributed by atoms with van der Waals surface area (Å²) in [5.74, 6) is -0.621. The molecule has 0 saturated carbocycles. The van der Waals surface area contributed by atoms with E-state index < -0.39 is 23.9 Å². The molecule has 3 amide bonds. The van der Waals surface area contributed by atoms with Crippen LogP contribution in [0.4, 0.5) is 16.2 Å². The minimum Gasteiger partial charge on any atom is -0.497 e. The number of nitrogens with zero attached hydrogens (tertiary/aromatic N) is 1. The molecule has 1 fully saturated rings. The van der Waals surface area contributed by atoms with Crippen molar-refractivity contribution >= 4 is 29.3 Å². The van der Waals surface area contributed by atoms with Crippen molar-refractivity contribution < 1.29 is 23.9 Å². The maximum atomic E-state index is 13.1. The van der Waals surface area contributed by atoms with Crippen LogP contribution in [0, 0.1) is 5.92 Å². The molecule has 186 valence electrons. The van der Waals surface area contributed by atoms with Crippen LogP contribution >= 0.6 is 0 Å². The van der Waals surface area contributed by atoms with E-state index in [9.17, 15) is 14.4 Å². The van der Waals surface area contributed by atoms with Gasteiger partial charge in [-0.05, 0) is 49.2 Å². The number of ether oxygens (including phenoxy) is 2. The fourth-order valence-electron chi connectivity index (χ4n) is 4.04. The van der Waals surface area contributed by atoms with E-state index in [1.165, 1.54) is 0 Å². The summed E-state index contributed by atoms with van der Waals surface area (Å²) in [6.45, 7) is 0.846. The van der Waals surface area contributed by atoms with E-state index in [-0.39, 0.29) is 6.03 Å².